The van der Waals surface area contributed by atoms with Crippen LogP contribution < -0.4 is 19.6 Å². The van der Waals surface area contributed by atoms with Crippen molar-refractivity contribution >= 4 is 40.5 Å². The van der Waals surface area contributed by atoms with Gasteiger partial charge in [0.05, 0.1) is 51.5 Å². The van der Waals surface area contributed by atoms with Gasteiger partial charge in [0.1, 0.15) is 5.75 Å². The highest BCUT2D eigenvalue weighted by molar-refractivity contribution is 7.07. The molecule has 3 aromatic carbocycles. The molecular weight excluding hydrogens is 580 g/mol. The maximum absolute atomic E-state index is 14.0. The number of fused-ring (bicyclic) bond motifs is 1. The summed E-state index contributed by atoms with van der Waals surface area (Å²) < 4.78 is 11.9. The SMILES string of the molecule is CCOC(=O)C1=C(c2ccccc2)N=c2s/c(=C\c3cc([N+](=O)[O-])cc([N+](=O)[O-])c3O)c(=O)n2[C@@H]1c1ccc(OC)cc1. The van der Waals surface area contributed by atoms with Gasteiger partial charge in [-0.15, -0.1) is 0 Å². The van der Waals surface area contributed by atoms with Crippen molar-refractivity contribution in [3.05, 3.63) is 129 Å². The molecule has 0 fully saturated rings. The van der Waals surface area contributed by atoms with Crippen LogP contribution in [0.1, 0.15) is 29.7 Å². The van der Waals surface area contributed by atoms with Gasteiger partial charge in [-0.1, -0.05) is 53.8 Å². The summed E-state index contributed by atoms with van der Waals surface area (Å²) in [6.07, 6.45) is 1.13. The molecule has 0 bridgehead atoms. The molecular formula is C29H22N4O9S. The highest BCUT2D eigenvalue weighted by Crippen LogP contribution is 2.37. The lowest BCUT2D eigenvalue weighted by Gasteiger charge is -2.26. The highest BCUT2D eigenvalue weighted by Gasteiger charge is 2.35. The van der Waals surface area contributed by atoms with Gasteiger partial charge < -0.3 is 14.6 Å². The van der Waals surface area contributed by atoms with E-state index < -0.39 is 44.5 Å². The molecule has 1 aromatic heterocycles. The van der Waals surface area contributed by atoms with Crippen LogP contribution in [0.3, 0.4) is 0 Å². The Bertz CT molecular complexity index is 1980. The Morgan fingerprint density at radius 3 is 2.40 bits per heavy atom. The third kappa shape index (κ3) is 5.38. The molecule has 0 aliphatic carbocycles. The first-order valence-electron chi connectivity index (χ1n) is 12.7. The van der Waals surface area contributed by atoms with Crippen molar-refractivity contribution in [2.45, 2.75) is 13.0 Å². The first-order chi connectivity index (χ1) is 20.6. The van der Waals surface area contributed by atoms with E-state index >= 15 is 0 Å². The number of aromatic nitrogens is 1. The lowest BCUT2D eigenvalue weighted by Crippen LogP contribution is -2.40. The van der Waals surface area contributed by atoms with E-state index in [0.717, 1.165) is 23.5 Å². The van der Waals surface area contributed by atoms with Crippen LogP contribution in [0.4, 0.5) is 11.4 Å². The Morgan fingerprint density at radius 1 is 1.09 bits per heavy atom. The van der Waals surface area contributed by atoms with Gasteiger partial charge in [0.2, 0.25) is 5.75 Å². The number of hydrogen-bond donors (Lipinski definition) is 1. The second kappa shape index (κ2) is 11.7. The van der Waals surface area contributed by atoms with Crippen molar-refractivity contribution in [2.75, 3.05) is 13.7 Å². The first kappa shape index (κ1) is 28.9. The van der Waals surface area contributed by atoms with E-state index in [1.807, 2.05) is 0 Å². The standard InChI is InChI=1S/C29H22N4O9S/c1-3-42-28(36)23-24(16-7-5-4-6-8-16)30-29-31(25(23)17-9-11-20(41-2)12-10-17)27(35)22(43-29)14-18-13-19(32(37)38)15-21(26(18)34)33(39)40/h4-15,25,34H,3H2,1-2H3/b22-14-/t25-/m1/s1. The van der Waals surface area contributed by atoms with E-state index in [-0.39, 0.29) is 32.8 Å². The molecule has 1 aliphatic heterocycles. The summed E-state index contributed by atoms with van der Waals surface area (Å²) in [6.45, 7) is 1.72. The largest absolute Gasteiger partial charge is 0.502 e. The summed E-state index contributed by atoms with van der Waals surface area (Å²) in [6, 6.07) is 16.2. The Morgan fingerprint density at radius 2 is 1.79 bits per heavy atom. The molecule has 2 heterocycles. The normalized spacial score (nSPS) is 14.6. The van der Waals surface area contributed by atoms with E-state index in [9.17, 15) is 34.9 Å². The van der Waals surface area contributed by atoms with Gasteiger partial charge in [0.25, 0.3) is 11.2 Å². The van der Waals surface area contributed by atoms with E-state index in [2.05, 4.69) is 4.99 Å². The zero-order chi connectivity index (χ0) is 30.8. The quantitative estimate of drug-likeness (QED) is 0.180. The van der Waals surface area contributed by atoms with E-state index in [4.69, 9.17) is 9.47 Å². The fraction of sp³-hybridized carbons (Fsp3) is 0.138. The van der Waals surface area contributed by atoms with Crippen LogP contribution in [0.5, 0.6) is 11.5 Å². The number of rotatable bonds is 8. The van der Waals surface area contributed by atoms with E-state index in [0.29, 0.717) is 22.9 Å². The lowest BCUT2D eigenvalue weighted by atomic mass is 9.93. The number of methoxy groups -OCH3 is 1. The minimum atomic E-state index is -1.01. The van der Waals surface area contributed by atoms with Crippen LogP contribution in [0, 0.1) is 20.2 Å². The Labute approximate surface area is 246 Å². The van der Waals surface area contributed by atoms with Crippen molar-refractivity contribution in [1.29, 1.82) is 0 Å². The monoisotopic (exact) mass is 602 g/mol. The van der Waals surface area contributed by atoms with Crippen molar-refractivity contribution in [2.24, 2.45) is 4.99 Å². The van der Waals surface area contributed by atoms with Crippen molar-refractivity contribution in [3.8, 4) is 11.5 Å². The van der Waals surface area contributed by atoms with Crippen LogP contribution in [-0.4, -0.2) is 39.2 Å². The fourth-order valence-electron chi connectivity index (χ4n) is 4.66. The number of carbonyl (C=O) groups excluding carboxylic acids is 1. The number of phenols is 1. The average Bonchev–Trinajstić information content (AvgIpc) is 3.31. The zero-order valence-electron chi connectivity index (χ0n) is 22.6. The summed E-state index contributed by atoms with van der Waals surface area (Å²) >= 11 is 0.892. The second-order valence-corrected chi connectivity index (χ2v) is 10.1. The Kier molecular flexibility index (Phi) is 7.86. The van der Waals surface area contributed by atoms with Crippen LogP contribution in [0.15, 0.2) is 82.1 Å². The van der Waals surface area contributed by atoms with Crippen LogP contribution >= 0.6 is 11.3 Å². The molecule has 0 saturated heterocycles. The van der Waals surface area contributed by atoms with Gasteiger partial charge in [-0.05, 0) is 30.7 Å². The van der Waals surface area contributed by atoms with Gasteiger partial charge in [0.15, 0.2) is 4.80 Å². The number of carbonyl (C=O) groups is 1. The minimum Gasteiger partial charge on any atom is -0.502 e. The number of nitro groups is 2. The topological polar surface area (TPSA) is 176 Å². The molecule has 0 amide bonds. The number of benzene rings is 3. The first-order valence-corrected chi connectivity index (χ1v) is 13.5. The van der Waals surface area contributed by atoms with Crippen LogP contribution in [0.2, 0.25) is 0 Å². The molecule has 4 aromatic rings. The molecule has 0 saturated carbocycles. The number of non-ortho nitro benzene ring substituents is 1. The molecule has 5 rings (SSSR count). The minimum absolute atomic E-state index is 0.0418. The van der Waals surface area contributed by atoms with Gasteiger partial charge in [-0.2, -0.15) is 0 Å². The fourth-order valence-corrected chi connectivity index (χ4v) is 5.66. The van der Waals surface area contributed by atoms with E-state index in [1.165, 1.54) is 11.7 Å². The average molecular weight is 603 g/mol. The third-order valence-electron chi connectivity index (χ3n) is 6.60. The van der Waals surface area contributed by atoms with Gasteiger partial charge in [-0.3, -0.25) is 29.6 Å². The van der Waals surface area contributed by atoms with Crippen molar-refractivity contribution < 1.29 is 29.2 Å². The third-order valence-corrected chi connectivity index (χ3v) is 7.59. The smallest absolute Gasteiger partial charge is 0.338 e. The molecule has 0 unspecified atom stereocenters. The summed E-state index contributed by atoms with van der Waals surface area (Å²) in [5.74, 6) is -0.985. The molecule has 218 valence electrons. The lowest BCUT2D eigenvalue weighted by molar-refractivity contribution is -0.394. The number of phenolic OH excluding ortho intramolecular Hbond substituents is 1. The number of aromatic hydroxyl groups is 1. The van der Waals surface area contributed by atoms with Crippen molar-refractivity contribution in [3.63, 3.8) is 0 Å². The van der Waals surface area contributed by atoms with Gasteiger partial charge >= 0.3 is 11.7 Å². The number of hydrogen-bond acceptors (Lipinski definition) is 11. The predicted octanol–water partition coefficient (Wildman–Crippen LogP) is 3.47. The number of nitrogens with zero attached hydrogens (tertiary/aromatic N) is 4. The Balaban J connectivity index is 1.84. The maximum Gasteiger partial charge on any atom is 0.338 e. The summed E-state index contributed by atoms with van der Waals surface area (Å²) in [7, 11) is 1.50. The Hall–Kier alpha value is -5.63. The van der Waals surface area contributed by atoms with Gasteiger partial charge in [0, 0.05) is 17.2 Å². The van der Waals surface area contributed by atoms with Crippen LogP contribution in [-0.2, 0) is 9.53 Å². The molecule has 1 N–H and O–H groups in total. The molecule has 1 aliphatic rings. The number of thiazole rings is 1. The number of ether oxygens (including phenoxy) is 2. The van der Waals surface area contributed by atoms with E-state index in [1.54, 1.807) is 61.5 Å². The molecule has 43 heavy (non-hydrogen) atoms. The zero-order valence-corrected chi connectivity index (χ0v) is 23.4. The highest BCUT2D eigenvalue weighted by atomic mass is 32.1. The predicted molar refractivity (Wildman–Crippen MR) is 155 cm³/mol. The summed E-state index contributed by atoms with van der Waals surface area (Å²) in [5, 5.41) is 33.5. The summed E-state index contributed by atoms with van der Waals surface area (Å²) in [5.41, 5.74) is -0.974. The molecule has 1 atom stereocenters. The molecule has 0 radical (unpaired) electrons. The second-order valence-electron chi connectivity index (χ2n) is 9.12. The molecule has 13 nitrogen and oxygen atoms in total. The van der Waals surface area contributed by atoms with Gasteiger partial charge in [-0.25, -0.2) is 9.79 Å². The van der Waals surface area contributed by atoms with Crippen molar-refractivity contribution in [1.82, 2.24) is 4.57 Å². The number of esters is 1. The molecule has 0 spiro atoms. The maximum atomic E-state index is 14.0. The van der Waals surface area contributed by atoms with Crippen LogP contribution in [0.25, 0.3) is 11.8 Å². The summed E-state index contributed by atoms with van der Waals surface area (Å²) in [4.78, 5) is 53.5. The molecule has 14 heteroatoms. The number of nitro benzene ring substituents is 2.